The summed E-state index contributed by atoms with van der Waals surface area (Å²) in [6.45, 7) is 1.42. The number of rotatable bonds is 6. The average Bonchev–Trinajstić information content (AvgIpc) is 2.65. The van der Waals surface area contributed by atoms with Crippen LogP contribution in [0.15, 0.2) is 24.3 Å². The highest BCUT2D eigenvalue weighted by Crippen LogP contribution is 2.48. The predicted octanol–water partition coefficient (Wildman–Crippen LogP) is 6.15. The molecule has 144 valence electrons. The molecule has 0 aliphatic carbocycles. The number of ether oxygens (including phenoxy) is 2. The summed E-state index contributed by atoms with van der Waals surface area (Å²) in [5.41, 5.74) is 0.482. The van der Waals surface area contributed by atoms with Crippen LogP contribution in [0.4, 0.5) is 5.69 Å². The molecule has 0 aliphatic rings. The molecule has 1 N–H and O–H groups in total. The maximum absolute atomic E-state index is 12.2. The van der Waals surface area contributed by atoms with Gasteiger partial charge in [-0.2, -0.15) is 0 Å². The summed E-state index contributed by atoms with van der Waals surface area (Å²) >= 11 is 29.9. The maximum Gasteiger partial charge on any atom is 0.340 e. The van der Waals surface area contributed by atoms with Crippen molar-refractivity contribution in [3.05, 3.63) is 54.9 Å². The van der Waals surface area contributed by atoms with Crippen molar-refractivity contribution in [1.82, 2.24) is 0 Å². The van der Waals surface area contributed by atoms with Gasteiger partial charge in [0.2, 0.25) is 0 Å². The molecule has 1 amide bonds. The Labute approximate surface area is 180 Å². The molecule has 0 unspecified atom stereocenters. The molecule has 10 heteroatoms. The summed E-state index contributed by atoms with van der Waals surface area (Å²) in [5.74, 6) is -1.20. The van der Waals surface area contributed by atoms with Crippen LogP contribution in [-0.2, 0) is 9.53 Å². The van der Waals surface area contributed by atoms with Gasteiger partial charge in [-0.05, 0) is 19.1 Å². The highest BCUT2D eigenvalue weighted by molar-refractivity contribution is 6.55. The van der Waals surface area contributed by atoms with Crippen LogP contribution in [0.3, 0.4) is 0 Å². The normalized spacial score (nSPS) is 10.4. The summed E-state index contributed by atoms with van der Waals surface area (Å²) in [6, 6.07) is 6.39. The Balaban J connectivity index is 2.14. The molecule has 0 aromatic heterocycles. The van der Waals surface area contributed by atoms with E-state index in [0.717, 1.165) is 0 Å². The van der Waals surface area contributed by atoms with Crippen LogP contribution >= 0.6 is 58.0 Å². The van der Waals surface area contributed by atoms with Crippen molar-refractivity contribution in [3.63, 3.8) is 0 Å². The molecular weight excluding hydrogens is 459 g/mol. The zero-order chi connectivity index (χ0) is 20.1. The van der Waals surface area contributed by atoms with Crippen molar-refractivity contribution in [3.8, 4) is 5.75 Å². The van der Waals surface area contributed by atoms with Gasteiger partial charge in [-0.3, -0.25) is 4.79 Å². The summed E-state index contributed by atoms with van der Waals surface area (Å²) in [5, 5.41) is 2.30. The molecule has 2 aromatic rings. The number of para-hydroxylation sites is 1. The van der Waals surface area contributed by atoms with Gasteiger partial charge < -0.3 is 14.8 Å². The third-order valence-corrected chi connectivity index (χ3v) is 5.46. The topological polar surface area (TPSA) is 64.6 Å². The minimum absolute atomic E-state index is 0.0199. The number of halogens is 5. The third kappa shape index (κ3) is 5.12. The third-order valence-electron chi connectivity index (χ3n) is 3.21. The molecule has 0 bridgehead atoms. The Morgan fingerprint density at radius 2 is 1.48 bits per heavy atom. The molecule has 0 radical (unpaired) electrons. The Kier molecular flexibility index (Phi) is 7.89. The molecule has 0 atom stereocenters. The number of anilines is 1. The van der Waals surface area contributed by atoms with Gasteiger partial charge in [0, 0.05) is 0 Å². The Morgan fingerprint density at radius 1 is 0.926 bits per heavy atom. The molecule has 2 aromatic carbocycles. The van der Waals surface area contributed by atoms with Crippen molar-refractivity contribution < 1.29 is 19.1 Å². The fourth-order valence-corrected chi connectivity index (χ4v) is 3.24. The number of carbonyl (C=O) groups excluding carboxylic acids is 2. The van der Waals surface area contributed by atoms with Crippen molar-refractivity contribution in [1.29, 1.82) is 0 Å². The van der Waals surface area contributed by atoms with Gasteiger partial charge in [0.25, 0.3) is 5.91 Å². The SMILES string of the molecule is CCOC(=O)c1ccccc1NC(=O)COc1c(Cl)c(Cl)c(Cl)c(Cl)c1Cl. The largest absolute Gasteiger partial charge is 0.481 e. The number of hydrogen-bond acceptors (Lipinski definition) is 4. The van der Waals surface area contributed by atoms with Crippen LogP contribution in [0.25, 0.3) is 0 Å². The van der Waals surface area contributed by atoms with Crippen LogP contribution < -0.4 is 10.1 Å². The van der Waals surface area contributed by atoms with Gasteiger partial charge in [-0.1, -0.05) is 70.1 Å². The van der Waals surface area contributed by atoms with E-state index in [1.165, 1.54) is 6.07 Å². The molecular formula is C17H12Cl5NO4. The zero-order valence-corrected chi connectivity index (χ0v) is 17.5. The van der Waals surface area contributed by atoms with E-state index < -0.39 is 18.5 Å². The second-order valence-corrected chi connectivity index (χ2v) is 6.89. The molecule has 0 spiro atoms. The van der Waals surface area contributed by atoms with E-state index in [1.807, 2.05) is 0 Å². The summed E-state index contributed by atoms with van der Waals surface area (Å²) in [4.78, 5) is 24.2. The molecule has 0 fully saturated rings. The van der Waals surface area contributed by atoms with Crippen LogP contribution in [0.2, 0.25) is 25.1 Å². The lowest BCUT2D eigenvalue weighted by molar-refractivity contribution is -0.118. The number of nitrogens with one attached hydrogen (secondary N) is 1. The first-order valence-corrected chi connectivity index (χ1v) is 9.37. The Bertz CT molecular complexity index is 859. The van der Waals surface area contributed by atoms with Gasteiger partial charge in [0.05, 0.1) is 32.9 Å². The van der Waals surface area contributed by atoms with E-state index >= 15 is 0 Å². The smallest absolute Gasteiger partial charge is 0.340 e. The van der Waals surface area contributed by atoms with Gasteiger partial charge >= 0.3 is 5.97 Å². The molecule has 27 heavy (non-hydrogen) atoms. The van der Waals surface area contributed by atoms with Crippen LogP contribution in [-0.4, -0.2) is 25.1 Å². The number of benzene rings is 2. The fourth-order valence-electron chi connectivity index (χ4n) is 2.01. The van der Waals surface area contributed by atoms with Crippen molar-refractivity contribution >= 4 is 75.6 Å². The van der Waals surface area contributed by atoms with Crippen molar-refractivity contribution in [2.45, 2.75) is 6.92 Å². The minimum atomic E-state index is -0.568. The highest BCUT2D eigenvalue weighted by atomic mass is 35.5. The van der Waals surface area contributed by atoms with Gasteiger partial charge in [0.1, 0.15) is 10.0 Å². The summed E-state index contributed by atoms with van der Waals surface area (Å²) < 4.78 is 10.3. The van der Waals surface area contributed by atoms with Crippen molar-refractivity contribution in [2.75, 3.05) is 18.5 Å². The zero-order valence-electron chi connectivity index (χ0n) is 13.7. The van der Waals surface area contributed by atoms with Crippen LogP contribution in [0, 0.1) is 0 Å². The second kappa shape index (κ2) is 9.71. The van der Waals surface area contributed by atoms with Gasteiger partial charge in [-0.25, -0.2) is 4.79 Å². The maximum atomic E-state index is 12.2. The number of amides is 1. The quantitative estimate of drug-likeness (QED) is 0.312. The lowest BCUT2D eigenvalue weighted by Gasteiger charge is -2.14. The first-order chi connectivity index (χ1) is 12.8. The first kappa shape index (κ1) is 21.9. The number of hydrogen-bond donors (Lipinski definition) is 1. The number of carbonyl (C=O) groups is 2. The Morgan fingerprint density at radius 3 is 2.07 bits per heavy atom. The molecule has 2 rings (SSSR count). The summed E-state index contributed by atoms with van der Waals surface area (Å²) in [6.07, 6.45) is 0. The molecule has 0 saturated carbocycles. The molecule has 0 saturated heterocycles. The lowest BCUT2D eigenvalue weighted by atomic mass is 10.2. The fraction of sp³-hybridized carbons (Fsp3) is 0.176. The lowest BCUT2D eigenvalue weighted by Crippen LogP contribution is -2.22. The predicted molar refractivity (Wildman–Crippen MR) is 108 cm³/mol. The van der Waals surface area contributed by atoms with E-state index in [4.69, 9.17) is 67.5 Å². The summed E-state index contributed by atoms with van der Waals surface area (Å²) in [7, 11) is 0. The van der Waals surface area contributed by atoms with E-state index in [1.54, 1.807) is 25.1 Å². The van der Waals surface area contributed by atoms with Crippen LogP contribution in [0.1, 0.15) is 17.3 Å². The molecule has 0 heterocycles. The van der Waals surface area contributed by atoms with E-state index in [2.05, 4.69) is 5.32 Å². The Hall–Kier alpha value is -1.37. The second-order valence-electron chi connectivity index (χ2n) is 5.00. The average molecular weight is 472 g/mol. The van der Waals surface area contributed by atoms with Gasteiger partial charge in [0.15, 0.2) is 12.4 Å². The van der Waals surface area contributed by atoms with E-state index in [0.29, 0.717) is 0 Å². The first-order valence-electron chi connectivity index (χ1n) is 7.48. The number of esters is 1. The highest BCUT2D eigenvalue weighted by Gasteiger charge is 2.21. The molecule has 0 aliphatic heterocycles. The monoisotopic (exact) mass is 469 g/mol. The van der Waals surface area contributed by atoms with Gasteiger partial charge in [-0.15, -0.1) is 0 Å². The van der Waals surface area contributed by atoms with Crippen LogP contribution in [0.5, 0.6) is 5.75 Å². The van der Waals surface area contributed by atoms with E-state index in [9.17, 15) is 9.59 Å². The van der Waals surface area contributed by atoms with E-state index in [-0.39, 0.29) is 48.7 Å². The molecule has 5 nitrogen and oxygen atoms in total. The minimum Gasteiger partial charge on any atom is -0.481 e. The van der Waals surface area contributed by atoms with Crippen molar-refractivity contribution in [2.24, 2.45) is 0 Å². The standard InChI is InChI=1S/C17H12Cl5NO4/c1-2-26-17(25)8-5-3-4-6-9(8)23-10(24)7-27-16-14(21)12(19)11(18)13(20)15(16)22/h3-6H,2,7H2,1H3,(H,23,24).